The minimum absolute atomic E-state index is 0.111. The van der Waals surface area contributed by atoms with Crippen LogP contribution in [0.25, 0.3) is 0 Å². The average molecular weight is 316 g/mol. The molecule has 0 saturated carbocycles. The Hall–Kier alpha value is -0.650. The number of hydrogen-bond donors (Lipinski definition) is 3. The van der Waals surface area contributed by atoms with Crippen LogP contribution in [0.4, 0.5) is 0 Å². The molecule has 0 unspecified atom stereocenters. The van der Waals surface area contributed by atoms with E-state index in [4.69, 9.17) is 0 Å². The Morgan fingerprint density at radius 1 is 0.864 bits per heavy atom. The van der Waals surface area contributed by atoms with Gasteiger partial charge < -0.3 is 5.32 Å². The zero-order chi connectivity index (χ0) is 16.8. The Labute approximate surface area is 136 Å². The molecule has 132 valence electrons. The number of nitrogens with zero attached hydrogens (tertiary/aromatic N) is 1. The highest BCUT2D eigenvalue weighted by atomic mass is 16.8. The molecule has 0 aromatic carbocycles. The van der Waals surface area contributed by atoms with E-state index in [1.54, 1.807) is 0 Å². The van der Waals surface area contributed by atoms with Gasteiger partial charge in [-0.2, -0.15) is 0 Å². The molecule has 5 heteroatoms. The van der Waals surface area contributed by atoms with Crippen LogP contribution in [0.3, 0.4) is 0 Å². The van der Waals surface area contributed by atoms with Crippen molar-refractivity contribution >= 4 is 5.91 Å². The molecule has 0 aliphatic rings. The van der Waals surface area contributed by atoms with Gasteiger partial charge in [0.05, 0.1) is 0 Å². The van der Waals surface area contributed by atoms with Crippen LogP contribution in [0.2, 0.25) is 0 Å². The highest BCUT2D eigenvalue weighted by molar-refractivity contribution is 5.76. The first kappa shape index (κ1) is 21.4. The first-order valence-corrected chi connectivity index (χ1v) is 9.01. The van der Waals surface area contributed by atoms with Gasteiger partial charge in [0, 0.05) is 6.42 Å². The lowest BCUT2D eigenvalue weighted by molar-refractivity contribution is -0.370. The molecule has 0 radical (unpaired) electrons. The van der Waals surface area contributed by atoms with Crippen LogP contribution in [0.5, 0.6) is 0 Å². The molecule has 22 heavy (non-hydrogen) atoms. The van der Waals surface area contributed by atoms with E-state index in [0.717, 1.165) is 12.8 Å². The fourth-order valence-electron chi connectivity index (χ4n) is 2.68. The number of carbonyl (C=O) groups is 1. The monoisotopic (exact) mass is 316 g/mol. The Morgan fingerprint density at radius 2 is 1.32 bits per heavy atom. The molecule has 0 aliphatic carbocycles. The Morgan fingerprint density at radius 3 is 1.73 bits per heavy atom. The summed E-state index contributed by atoms with van der Waals surface area (Å²) >= 11 is 0. The predicted molar refractivity (Wildman–Crippen MR) is 88.7 cm³/mol. The van der Waals surface area contributed by atoms with E-state index in [1.807, 2.05) is 13.8 Å². The van der Waals surface area contributed by atoms with Crippen molar-refractivity contribution in [2.24, 2.45) is 0 Å². The van der Waals surface area contributed by atoms with Crippen molar-refractivity contribution in [3.8, 4) is 0 Å². The molecule has 0 rings (SSSR count). The maximum absolute atomic E-state index is 11.9. The van der Waals surface area contributed by atoms with Crippen LogP contribution in [0.15, 0.2) is 0 Å². The number of unbranched alkanes of at least 4 members (excludes halogenated alkanes) is 8. The molecule has 0 bridgehead atoms. The van der Waals surface area contributed by atoms with Crippen LogP contribution in [0.1, 0.15) is 97.8 Å². The third kappa shape index (κ3) is 8.71. The third-order valence-electron chi connectivity index (χ3n) is 4.43. The zero-order valence-corrected chi connectivity index (χ0v) is 14.7. The van der Waals surface area contributed by atoms with Gasteiger partial charge in [0.15, 0.2) is 0 Å². The lowest BCUT2D eigenvalue weighted by Crippen LogP contribution is -2.57. The van der Waals surface area contributed by atoms with Crippen molar-refractivity contribution in [3.63, 3.8) is 0 Å². The normalized spacial score (nSPS) is 11.9. The lowest BCUT2D eigenvalue weighted by atomic mass is 10.0. The Balaban J connectivity index is 3.73. The summed E-state index contributed by atoms with van der Waals surface area (Å²) in [6.45, 7) is 5.87. The molecule has 0 spiro atoms. The minimum atomic E-state index is -1.06. The maximum atomic E-state index is 11.9. The van der Waals surface area contributed by atoms with Crippen molar-refractivity contribution in [2.75, 3.05) is 0 Å². The third-order valence-corrected chi connectivity index (χ3v) is 4.43. The summed E-state index contributed by atoms with van der Waals surface area (Å²) in [6.07, 6.45) is 12.3. The molecule has 0 saturated heterocycles. The fraction of sp³-hybridized carbons (Fsp3) is 0.941. The van der Waals surface area contributed by atoms with Gasteiger partial charge in [-0.3, -0.25) is 15.2 Å². The van der Waals surface area contributed by atoms with Crippen LogP contribution >= 0.6 is 0 Å². The van der Waals surface area contributed by atoms with Gasteiger partial charge in [-0.25, -0.2) is 0 Å². The van der Waals surface area contributed by atoms with Crippen molar-refractivity contribution in [1.29, 1.82) is 0 Å². The predicted octanol–water partition coefficient (Wildman–Crippen LogP) is 4.62. The molecule has 0 aromatic rings. The summed E-state index contributed by atoms with van der Waals surface area (Å²) in [7, 11) is 0. The van der Waals surface area contributed by atoms with Gasteiger partial charge in [0.2, 0.25) is 5.91 Å². The second-order valence-corrected chi connectivity index (χ2v) is 6.15. The number of amides is 1. The van der Waals surface area contributed by atoms with Crippen molar-refractivity contribution in [3.05, 3.63) is 0 Å². The summed E-state index contributed by atoms with van der Waals surface area (Å²) < 4.78 is 0. The molecular formula is C17H36N2O3. The molecule has 3 N–H and O–H groups in total. The van der Waals surface area contributed by atoms with Gasteiger partial charge in [-0.15, -0.1) is 0 Å². The minimum Gasteiger partial charge on any atom is -0.334 e. The summed E-state index contributed by atoms with van der Waals surface area (Å²) in [5.74, 6) is -0.111. The van der Waals surface area contributed by atoms with Gasteiger partial charge in [0.1, 0.15) is 5.66 Å². The number of rotatable bonds is 14. The molecular weight excluding hydrogens is 280 g/mol. The van der Waals surface area contributed by atoms with E-state index in [9.17, 15) is 15.2 Å². The van der Waals surface area contributed by atoms with Crippen molar-refractivity contribution < 1.29 is 15.2 Å². The topological polar surface area (TPSA) is 72.8 Å². The highest BCUT2D eigenvalue weighted by Gasteiger charge is 2.33. The van der Waals surface area contributed by atoms with Crippen LogP contribution < -0.4 is 5.32 Å². The Bertz CT molecular complexity index is 279. The van der Waals surface area contributed by atoms with Crippen molar-refractivity contribution in [1.82, 2.24) is 10.5 Å². The van der Waals surface area contributed by atoms with E-state index < -0.39 is 5.66 Å². The summed E-state index contributed by atoms with van der Waals surface area (Å²) in [5, 5.41) is 21.5. The first-order chi connectivity index (χ1) is 10.5. The molecule has 0 atom stereocenters. The standard InChI is InChI=1S/C17H36N2O3/c1-4-7-8-9-10-11-12-13-14-15-16(20)18-17(5-2,6-3)19(21)22/h21-22H,4-15H2,1-3H3,(H,18,20). The van der Waals surface area contributed by atoms with Gasteiger partial charge in [-0.05, 0) is 24.5 Å². The van der Waals surface area contributed by atoms with Crippen LogP contribution in [-0.4, -0.2) is 27.2 Å². The molecule has 0 aromatic heterocycles. The SMILES string of the molecule is CCCCCCCCCCCC(=O)NC(CC)(CC)N(O)O. The van der Waals surface area contributed by atoms with Gasteiger partial charge in [-0.1, -0.05) is 72.1 Å². The summed E-state index contributed by atoms with van der Waals surface area (Å²) in [6, 6.07) is 0. The average Bonchev–Trinajstić information content (AvgIpc) is 2.50. The van der Waals surface area contributed by atoms with E-state index in [2.05, 4.69) is 12.2 Å². The van der Waals surface area contributed by atoms with E-state index in [1.165, 1.54) is 44.9 Å². The Kier molecular flexibility index (Phi) is 12.5. The second kappa shape index (κ2) is 12.9. The van der Waals surface area contributed by atoms with Crippen LogP contribution in [-0.2, 0) is 4.79 Å². The molecule has 1 amide bonds. The second-order valence-electron chi connectivity index (χ2n) is 6.15. The van der Waals surface area contributed by atoms with E-state index in [-0.39, 0.29) is 11.1 Å². The maximum Gasteiger partial charge on any atom is 0.221 e. The number of hydrogen-bond acceptors (Lipinski definition) is 4. The van der Waals surface area contributed by atoms with E-state index in [0.29, 0.717) is 19.3 Å². The molecule has 0 fully saturated rings. The summed E-state index contributed by atoms with van der Waals surface area (Å²) in [4.78, 5) is 11.9. The largest absolute Gasteiger partial charge is 0.334 e. The number of hydroxylamine groups is 2. The zero-order valence-electron chi connectivity index (χ0n) is 14.7. The molecule has 0 aliphatic heterocycles. The van der Waals surface area contributed by atoms with Gasteiger partial charge >= 0.3 is 0 Å². The molecule has 0 heterocycles. The lowest BCUT2D eigenvalue weighted by Gasteiger charge is -2.35. The number of carbonyl (C=O) groups excluding carboxylic acids is 1. The highest BCUT2D eigenvalue weighted by Crippen LogP contribution is 2.18. The fourth-order valence-corrected chi connectivity index (χ4v) is 2.68. The van der Waals surface area contributed by atoms with Crippen molar-refractivity contribution in [2.45, 2.75) is 103 Å². The molecule has 5 nitrogen and oxygen atoms in total. The first-order valence-electron chi connectivity index (χ1n) is 9.01. The summed E-state index contributed by atoms with van der Waals surface area (Å²) in [5.41, 5.74) is -1.06. The smallest absolute Gasteiger partial charge is 0.221 e. The quantitative estimate of drug-likeness (QED) is 0.248. The number of nitrogens with one attached hydrogen (secondary N) is 1. The van der Waals surface area contributed by atoms with Gasteiger partial charge in [0.25, 0.3) is 0 Å². The van der Waals surface area contributed by atoms with Crippen LogP contribution in [0, 0.1) is 0 Å². The van der Waals surface area contributed by atoms with E-state index >= 15 is 0 Å².